The molecule has 1 unspecified atom stereocenters. The maximum atomic E-state index is 12.8. The quantitative estimate of drug-likeness (QED) is 0.527. The van der Waals surface area contributed by atoms with Crippen molar-refractivity contribution in [1.29, 1.82) is 0 Å². The number of aromatic nitrogens is 1. The van der Waals surface area contributed by atoms with E-state index in [4.69, 9.17) is 4.98 Å². The fourth-order valence-corrected chi connectivity index (χ4v) is 3.68. The van der Waals surface area contributed by atoms with Crippen molar-refractivity contribution in [3.05, 3.63) is 83.9 Å². The Kier molecular flexibility index (Phi) is 2.71. The number of nitrogens with zero attached hydrogens (tertiary/aromatic N) is 1. The number of nitrogens with one attached hydrogen (secondary N) is 1. The summed E-state index contributed by atoms with van der Waals surface area (Å²) in [6.45, 7) is 0. The van der Waals surface area contributed by atoms with Gasteiger partial charge in [-0.1, -0.05) is 54.6 Å². The maximum Gasteiger partial charge on any atom is 0.236 e. The van der Waals surface area contributed by atoms with E-state index in [1.165, 1.54) is 0 Å². The summed E-state index contributed by atoms with van der Waals surface area (Å²) >= 11 is 0. The molecule has 1 N–H and O–H groups in total. The SMILES string of the molecule is O=C1Nc2ccccc2C1c1c2ccccc2nc2ccccc12. The highest BCUT2D eigenvalue weighted by molar-refractivity contribution is 6.11. The predicted molar refractivity (Wildman–Crippen MR) is 96.2 cm³/mol. The minimum atomic E-state index is -0.306. The van der Waals surface area contributed by atoms with Crippen LogP contribution < -0.4 is 5.32 Å². The van der Waals surface area contributed by atoms with Crippen molar-refractivity contribution in [3.63, 3.8) is 0 Å². The normalized spacial score (nSPS) is 16.3. The highest BCUT2D eigenvalue weighted by Crippen LogP contribution is 2.42. The third-order valence-corrected chi connectivity index (χ3v) is 4.71. The number of rotatable bonds is 1. The van der Waals surface area contributed by atoms with Crippen LogP contribution in [0.4, 0.5) is 5.69 Å². The van der Waals surface area contributed by atoms with Gasteiger partial charge in [0, 0.05) is 16.5 Å². The van der Waals surface area contributed by atoms with Crippen LogP contribution in [0.2, 0.25) is 0 Å². The molecule has 0 saturated carbocycles. The minimum absolute atomic E-state index is 0.0257. The Morgan fingerprint density at radius 2 is 1.33 bits per heavy atom. The maximum absolute atomic E-state index is 12.8. The van der Waals surface area contributed by atoms with Gasteiger partial charge in [0.05, 0.1) is 17.0 Å². The van der Waals surface area contributed by atoms with Gasteiger partial charge in [-0.3, -0.25) is 4.79 Å². The average Bonchev–Trinajstić information content (AvgIpc) is 2.95. The molecule has 0 radical (unpaired) electrons. The molecule has 4 aromatic rings. The molecule has 1 amide bonds. The van der Waals surface area contributed by atoms with Crippen LogP contribution >= 0.6 is 0 Å². The van der Waals surface area contributed by atoms with Crippen LogP contribution in [0.1, 0.15) is 17.0 Å². The first-order valence-corrected chi connectivity index (χ1v) is 8.00. The molecule has 114 valence electrons. The number of benzene rings is 3. The van der Waals surface area contributed by atoms with Crippen LogP contribution in [0.25, 0.3) is 21.8 Å². The van der Waals surface area contributed by atoms with Gasteiger partial charge in [-0.15, -0.1) is 0 Å². The smallest absolute Gasteiger partial charge is 0.236 e. The second-order valence-electron chi connectivity index (χ2n) is 6.07. The number of anilines is 1. The Morgan fingerprint density at radius 1 is 0.750 bits per heavy atom. The molecule has 1 aliphatic rings. The third-order valence-electron chi connectivity index (χ3n) is 4.71. The van der Waals surface area contributed by atoms with Gasteiger partial charge < -0.3 is 5.32 Å². The van der Waals surface area contributed by atoms with E-state index in [1.54, 1.807) is 0 Å². The van der Waals surface area contributed by atoms with Gasteiger partial charge >= 0.3 is 0 Å². The molecule has 5 rings (SSSR count). The zero-order valence-corrected chi connectivity index (χ0v) is 12.9. The number of pyridine rings is 1. The molecule has 1 aromatic heterocycles. The molecular weight excluding hydrogens is 296 g/mol. The fourth-order valence-electron chi connectivity index (χ4n) is 3.68. The van der Waals surface area contributed by atoms with E-state index >= 15 is 0 Å². The van der Waals surface area contributed by atoms with Crippen LogP contribution in [0.15, 0.2) is 72.8 Å². The van der Waals surface area contributed by atoms with Gasteiger partial charge in [-0.05, 0) is 29.3 Å². The summed E-state index contributed by atoms with van der Waals surface area (Å²) in [6, 6.07) is 24.0. The predicted octanol–water partition coefficient (Wildman–Crippen LogP) is 4.47. The Morgan fingerprint density at radius 3 is 2.04 bits per heavy atom. The van der Waals surface area contributed by atoms with E-state index in [9.17, 15) is 4.79 Å². The number of amides is 1. The first kappa shape index (κ1) is 13.3. The summed E-state index contributed by atoms with van der Waals surface area (Å²) in [7, 11) is 0. The van der Waals surface area contributed by atoms with Crippen LogP contribution in [0, 0.1) is 0 Å². The third kappa shape index (κ3) is 1.78. The Hall–Kier alpha value is -3.20. The standard InChI is InChI=1S/C21H14N2O/c24-21-20(15-9-3-6-12-18(15)23-21)19-13-7-1-4-10-16(13)22-17-11-5-2-8-14(17)19/h1-12,20H,(H,23,24). The highest BCUT2D eigenvalue weighted by Gasteiger charge is 2.34. The Labute approximate surface area is 139 Å². The molecular formula is C21H14N2O. The molecule has 0 spiro atoms. The number of para-hydroxylation sites is 3. The van der Waals surface area contributed by atoms with E-state index in [0.29, 0.717) is 0 Å². The van der Waals surface area contributed by atoms with Gasteiger partial charge in [0.2, 0.25) is 5.91 Å². The van der Waals surface area contributed by atoms with Crippen molar-refractivity contribution in [2.45, 2.75) is 5.92 Å². The van der Waals surface area contributed by atoms with Gasteiger partial charge in [0.25, 0.3) is 0 Å². The van der Waals surface area contributed by atoms with E-state index in [0.717, 1.165) is 38.6 Å². The molecule has 3 heteroatoms. The van der Waals surface area contributed by atoms with E-state index in [2.05, 4.69) is 17.4 Å². The Balaban J connectivity index is 1.93. The molecule has 1 atom stereocenters. The molecule has 0 fully saturated rings. The van der Waals surface area contributed by atoms with Crippen molar-refractivity contribution >= 4 is 33.4 Å². The number of hydrogen-bond acceptors (Lipinski definition) is 2. The first-order valence-electron chi connectivity index (χ1n) is 8.00. The van der Waals surface area contributed by atoms with Crippen molar-refractivity contribution < 1.29 is 4.79 Å². The van der Waals surface area contributed by atoms with Gasteiger partial charge in [0.1, 0.15) is 0 Å². The van der Waals surface area contributed by atoms with Gasteiger partial charge in [0.15, 0.2) is 0 Å². The molecule has 0 bridgehead atoms. The second kappa shape index (κ2) is 4.90. The van der Waals surface area contributed by atoms with E-state index in [-0.39, 0.29) is 11.8 Å². The van der Waals surface area contributed by atoms with Crippen LogP contribution in [-0.2, 0) is 4.79 Å². The van der Waals surface area contributed by atoms with Crippen molar-refractivity contribution in [3.8, 4) is 0 Å². The van der Waals surface area contributed by atoms with Gasteiger partial charge in [-0.2, -0.15) is 0 Å². The number of carbonyl (C=O) groups excluding carboxylic acids is 1. The van der Waals surface area contributed by atoms with Crippen LogP contribution in [0.5, 0.6) is 0 Å². The van der Waals surface area contributed by atoms with Crippen LogP contribution in [-0.4, -0.2) is 10.9 Å². The monoisotopic (exact) mass is 310 g/mol. The van der Waals surface area contributed by atoms with E-state index in [1.807, 2.05) is 60.7 Å². The average molecular weight is 310 g/mol. The molecule has 1 aliphatic heterocycles. The number of carbonyl (C=O) groups is 1. The van der Waals surface area contributed by atoms with Crippen molar-refractivity contribution in [1.82, 2.24) is 4.98 Å². The highest BCUT2D eigenvalue weighted by atomic mass is 16.2. The molecule has 3 nitrogen and oxygen atoms in total. The number of hydrogen-bond donors (Lipinski definition) is 1. The minimum Gasteiger partial charge on any atom is -0.325 e. The zero-order chi connectivity index (χ0) is 16.1. The van der Waals surface area contributed by atoms with Crippen LogP contribution in [0.3, 0.4) is 0 Å². The first-order chi connectivity index (χ1) is 11.8. The lowest BCUT2D eigenvalue weighted by Crippen LogP contribution is -2.14. The molecule has 3 aromatic carbocycles. The number of fused-ring (bicyclic) bond motifs is 3. The summed E-state index contributed by atoms with van der Waals surface area (Å²) < 4.78 is 0. The lowest BCUT2D eigenvalue weighted by Gasteiger charge is -2.16. The summed E-state index contributed by atoms with van der Waals surface area (Å²) in [5.41, 5.74) is 4.81. The Bertz CT molecular complexity index is 1060. The second-order valence-corrected chi connectivity index (χ2v) is 6.07. The van der Waals surface area contributed by atoms with E-state index < -0.39 is 0 Å². The summed E-state index contributed by atoms with van der Waals surface area (Å²) in [4.78, 5) is 17.5. The lowest BCUT2D eigenvalue weighted by molar-refractivity contribution is -0.116. The van der Waals surface area contributed by atoms with Crippen molar-refractivity contribution in [2.75, 3.05) is 5.32 Å². The summed E-state index contributed by atoms with van der Waals surface area (Å²) in [5.74, 6) is -0.281. The fraction of sp³-hybridized carbons (Fsp3) is 0.0476. The molecule has 24 heavy (non-hydrogen) atoms. The topological polar surface area (TPSA) is 42.0 Å². The zero-order valence-electron chi connectivity index (χ0n) is 12.9. The molecule has 2 heterocycles. The summed E-state index contributed by atoms with van der Waals surface area (Å²) in [5, 5.41) is 5.09. The van der Waals surface area contributed by atoms with Gasteiger partial charge in [-0.25, -0.2) is 4.98 Å². The van der Waals surface area contributed by atoms with Crippen molar-refractivity contribution in [2.24, 2.45) is 0 Å². The molecule has 0 aliphatic carbocycles. The summed E-state index contributed by atoms with van der Waals surface area (Å²) in [6.07, 6.45) is 0. The largest absolute Gasteiger partial charge is 0.325 e. The molecule has 0 saturated heterocycles. The lowest BCUT2D eigenvalue weighted by atomic mass is 9.87.